The first kappa shape index (κ1) is 20.3. The van der Waals surface area contributed by atoms with Gasteiger partial charge < -0.3 is 0 Å². The van der Waals surface area contributed by atoms with Gasteiger partial charge in [-0.15, -0.1) is 0 Å². The molecule has 0 spiro atoms. The zero-order valence-corrected chi connectivity index (χ0v) is 17.2. The maximum Gasteiger partial charge on any atom is 0.276 e. The zero-order chi connectivity index (χ0) is 21.0. The molecule has 1 N–H and O–H groups in total. The quantitative estimate of drug-likeness (QED) is 0.267. The number of nitro groups is 1. The highest BCUT2D eigenvalue weighted by Gasteiger charge is 2.14. The van der Waals surface area contributed by atoms with E-state index < -0.39 is 4.92 Å². The number of H-pyrrole nitrogens is 1. The first-order valence-electron chi connectivity index (χ1n) is 9.00. The van der Waals surface area contributed by atoms with Gasteiger partial charge in [-0.1, -0.05) is 57.2 Å². The van der Waals surface area contributed by atoms with Gasteiger partial charge in [-0.05, 0) is 41.4 Å². The van der Waals surface area contributed by atoms with E-state index in [-0.39, 0.29) is 11.1 Å². The van der Waals surface area contributed by atoms with Gasteiger partial charge in [0.25, 0.3) is 5.69 Å². The minimum atomic E-state index is -0.414. The minimum absolute atomic E-state index is 0.0386. The van der Waals surface area contributed by atoms with Crippen molar-refractivity contribution in [2.75, 3.05) is 0 Å². The summed E-state index contributed by atoms with van der Waals surface area (Å²) in [6.07, 6.45) is 4.78. The third kappa shape index (κ3) is 4.72. The lowest BCUT2D eigenvalue weighted by Crippen LogP contribution is -2.10. The Kier molecular flexibility index (Phi) is 5.84. The molecule has 0 saturated heterocycles. The Morgan fingerprint density at radius 3 is 2.52 bits per heavy atom. The molecule has 0 amide bonds. The van der Waals surface area contributed by atoms with Crippen molar-refractivity contribution >= 4 is 30.2 Å². The molecule has 0 aliphatic heterocycles. The van der Waals surface area contributed by atoms with Crippen LogP contribution >= 0.6 is 12.2 Å². The number of rotatable bonds is 5. The molecule has 1 aromatic heterocycles. The average Bonchev–Trinajstić information content (AvgIpc) is 3.05. The maximum atomic E-state index is 11.1. The first-order chi connectivity index (χ1) is 13.8. The van der Waals surface area contributed by atoms with Crippen LogP contribution in [0.5, 0.6) is 0 Å². The lowest BCUT2D eigenvalue weighted by atomic mass is 9.87. The minimum Gasteiger partial charge on any atom is -0.258 e. The molecule has 148 valence electrons. The van der Waals surface area contributed by atoms with Gasteiger partial charge in [0.1, 0.15) is 0 Å². The van der Waals surface area contributed by atoms with Gasteiger partial charge in [-0.3, -0.25) is 10.1 Å². The zero-order valence-electron chi connectivity index (χ0n) is 16.4. The van der Waals surface area contributed by atoms with Crippen molar-refractivity contribution in [3.05, 3.63) is 80.6 Å². The van der Waals surface area contributed by atoms with E-state index in [1.54, 1.807) is 30.4 Å². The van der Waals surface area contributed by atoms with E-state index in [0.717, 1.165) is 5.56 Å². The monoisotopic (exact) mass is 407 g/mol. The van der Waals surface area contributed by atoms with Crippen molar-refractivity contribution in [3.63, 3.8) is 0 Å². The van der Waals surface area contributed by atoms with Crippen LogP contribution < -0.4 is 0 Å². The largest absolute Gasteiger partial charge is 0.276 e. The number of nitro benzene ring substituents is 1. The summed E-state index contributed by atoms with van der Waals surface area (Å²) in [5, 5.41) is 22.4. The van der Waals surface area contributed by atoms with Gasteiger partial charge in [0, 0.05) is 17.8 Å². The van der Waals surface area contributed by atoms with Gasteiger partial charge in [0.15, 0.2) is 5.82 Å². The van der Waals surface area contributed by atoms with E-state index in [9.17, 15) is 10.1 Å². The van der Waals surface area contributed by atoms with Crippen molar-refractivity contribution in [2.24, 2.45) is 5.10 Å². The Labute approximate surface area is 173 Å². The molecule has 0 aliphatic rings. The van der Waals surface area contributed by atoms with Crippen LogP contribution in [0.1, 0.15) is 31.9 Å². The fourth-order valence-corrected chi connectivity index (χ4v) is 2.93. The van der Waals surface area contributed by atoms with Crippen molar-refractivity contribution in [1.29, 1.82) is 0 Å². The number of para-hydroxylation sites is 1. The number of hydrogen-bond donors (Lipinski definition) is 1. The summed E-state index contributed by atoms with van der Waals surface area (Å²) >= 11 is 5.27. The number of nitrogens with one attached hydrogen (secondary N) is 1. The second-order valence-electron chi connectivity index (χ2n) is 7.43. The molecule has 0 unspecified atom stereocenters. The molecule has 0 atom stereocenters. The molecule has 3 aromatic rings. The van der Waals surface area contributed by atoms with E-state index >= 15 is 0 Å². The average molecular weight is 407 g/mol. The number of benzene rings is 2. The van der Waals surface area contributed by atoms with Crippen LogP contribution in [-0.4, -0.2) is 26.0 Å². The summed E-state index contributed by atoms with van der Waals surface area (Å²) in [6.45, 7) is 6.48. The number of aromatic amines is 1. The molecule has 0 bridgehead atoms. The van der Waals surface area contributed by atoms with Crippen molar-refractivity contribution in [2.45, 2.75) is 26.2 Å². The molecule has 2 aromatic carbocycles. The number of allylic oxidation sites excluding steroid dienone is 1. The molecular weight excluding hydrogens is 386 g/mol. The van der Waals surface area contributed by atoms with Crippen molar-refractivity contribution in [3.8, 4) is 11.4 Å². The normalized spacial score (nSPS) is 12.1. The highest BCUT2D eigenvalue weighted by atomic mass is 32.1. The molecule has 1 heterocycles. The summed E-state index contributed by atoms with van der Waals surface area (Å²) < 4.78 is 1.88. The molecule has 0 saturated carbocycles. The molecule has 7 nitrogen and oxygen atoms in total. The number of hydrogen-bond acceptors (Lipinski definition) is 5. The second kappa shape index (κ2) is 8.32. The SMILES string of the molecule is CC(C)(C)c1ccc(-c2n[nH]c(=S)n2/N=C\C=C/c2ccccc2[N+](=O)[O-])cc1. The Morgan fingerprint density at radius 2 is 1.86 bits per heavy atom. The predicted molar refractivity (Wildman–Crippen MR) is 118 cm³/mol. The van der Waals surface area contributed by atoms with Gasteiger partial charge in [0.2, 0.25) is 4.77 Å². The predicted octanol–water partition coefficient (Wildman–Crippen LogP) is 5.36. The molecule has 29 heavy (non-hydrogen) atoms. The summed E-state index contributed by atoms with van der Waals surface area (Å²) in [4.78, 5) is 10.7. The lowest BCUT2D eigenvalue weighted by molar-refractivity contribution is -0.385. The molecular formula is C21H21N5O2S. The summed E-state index contributed by atoms with van der Waals surface area (Å²) in [5.74, 6) is 0.589. The van der Waals surface area contributed by atoms with Crippen LogP contribution in [-0.2, 0) is 5.41 Å². The van der Waals surface area contributed by atoms with Gasteiger partial charge in [-0.2, -0.15) is 14.9 Å². The van der Waals surface area contributed by atoms with Crippen LogP contribution in [0.4, 0.5) is 5.69 Å². The summed E-state index contributed by atoms with van der Waals surface area (Å²) in [7, 11) is 0. The molecule has 3 rings (SSSR count). The molecule has 0 aliphatic carbocycles. The first-order valence-corrected chi connectivity index (χ1v) is 9.41. The third-order valence-electron chi connectivity index (χ3n) is 4.34. The topological polar surface area (TPSA) is 89.1 Å². The van der Waals surface area contributed by atoms with Crippen LogP contribution in [0.25, 0.3) is 17.5 Å². The standard InChI is InChI=1S/C21H21N5O2S/c1-21(2,3)17-12-10-16(11-13-17)19-23-24-20(29)25(19)22-14-6-8-15-7-4-5-9-18(15)26(27)28/h4-14H,1-3H3,(H,24,29)/b8-6-,22-14-. The Bertz CT molecular complexity index is 1130. The highest BCUT2D eigenvalue weighted by molar-refractivity contribution is 7.71. The van der Waals surface area contributed by atoms with E-state index in [1.165, 1.54) is 22.5 Å². The maximum absolute atomic E-state index is 11.1. The second-order valence-corrected chi connectivity index (χ2v) is 7.82. The molecule has 0 fully saturated rings. The Balaban J connectivity index is 1.86. The third-order valence-corrected chi connectivity index (χ3v) is 4.60. The fourth-order valence-electron chi connectivity index (χ4n) is 2.75. The smallest absolute Gasteiger partial charge is 0.258 e. The van der Waals surface area contributed by atoms with E-state index in [2.05, 4.69) is 48.2 Å². The van der Waals surface area contributed by atoms with E-state index in [1.807, 2.05) is 12.1 Å². The van der Waals surface area contributed by atoms with E-state index in [0.29, 0.717) is 16.2 Å². The van der Waals surface area contributed by atoms with Gasteiger partial charge in [0.05, 0.1) is 10.5 Å². The fraction of sp³-hybridized carbons (Fsp3) is 0.190. The van der Waals surface area contributed by atoms with Crippen LogP contribution in [0.2, 0.25) is 0 Å². The van der Waals surface area contributed by atoms with Crippen molar-refractivity contribution < 1.29 is 4.92 Å². The van der Waals surface area contributed by atoms with Crippen LogP contribution in [0.15, 0.2) is 59.7 Å². The van der Waals surface area contributed by atoms with E-state index in [4.69, 9.17) is 12.2 Å². The lowest BCUT2D eigenvalue weighted by Gasteiger charge is -2.18. The summed E-state index contributed by atoms with van der Waals surface area (Å²) in [5.41, 5.74) is 2.70. The number of aromatic nitrogens is 3. The Morgan fingerprint density at radius 1 is 1.17 bits per heavy atom. The van der Waals surface area contributed by atoms with Crippen molar-refractivity contribution in [1.82, 2.24) is 14.9 Å². The molecule has 0 radical (unpaired) electrons. The van der Waals surface area contributed by atoms with Gasteiger partial charge in [-0.25, -0.2) is 5.10 Å². The van der Waals surface area contributed by atoms with Gasteiger partial charge >= 0.3 is 0 Å². The Hall–Kier alpha value is -3.39. The highest BCUT2D eigenvalue weighted by Crippen LogP contribution is 2.25. The number of nitrogens with zero attached hydrogens (tertiary/aromatic N) is 4. The summed E-state index contributed by atoms with van der Waals surface area (Å²) in [6, 6.07) is 14.6. The van der Waals surface area contributed by atoms with Crippen LogP contribution in [0.3, 0.4) is 0 Å². The van der Waals surface area contributed by atoms with Crippen LogP contribution in [0, 0.1) is 14.9 Å². The molecule has 8 heteroatoms.